The van der Waals surface area contributed by atoms with E-state index in [1.807, 2.05) is 0 Å². The molecule has 0 saturated carbocycles. The zero-order valence-corrected chi connectivity index (χ0v) is 8.45. The third kappa shape index (κ3) is 1.49. The summed E-state index contributed by atoms with van der Waals surface area (Å²) >= 11 is 6.06. The Morgan fingerprint density at radius 1 is 1.64 bits per heavy atom. The number of aromatic amines is 1. The fourth-order valence-electron chi connectivity index (χ4n) is 1.06. The molecular weight excluding hydrogens is 222 g/mol. The second-order valence-electron chi connectivity index (χ2n) is 2.50. The first-order valence-corrected chi connectivity index (χ1v) is 4.91. The molecule has 0 aliphatic heterocycles. The largest absolute Gasteiger partial charge is 0.477 e. The Labute approximate surface area is 87.8 Å². The number of hydrogen-bond acceptors (Lipinski definition) is 4. The predicted octanol–water partition coefficient (Wildman–Crippen LogP) is 2.76. The average Bonchev–Trinajstić information content (AvgIpc) is 2.70. The summed E-state index contributed by atoms with van der Waals surface area (Å²) in [6.45, 7) is 0. The number of H-pyrrole nitrogens is 1. The van der Waals surface area contributed by atoms with E-state index in [0.29, 0.717) is 14.6 Å². The average molecular weight is 227 g/mol. The van der Waals surface area contributed by atoms with Crippen molar-refractivity contribution in [1.82, 2.24) is 4.98 Å². The SMILES string of the molecule is O=C(O)c1[nH]c(=S)sc1-c1ccco1. The smallest absolute Gasteiger partial charge is 0.353 e. The third-order valence-corrected chi connectivity index (χ3v) is 2.86. The monoisotopic (exact) mass is 227 g/mol. The van der Waals surface area contributed by atoms with Crippen molar-refractivity contribution < 1.29 is 14.3 Å². The molecule has 72 valence electrons. The molecule has 14 heavy (non-hydrogen) atoms. The topological polar surface area (TPSA) is 66.2 Å². The van der Waals surface area contributed by atoms with Crippen LogP contribution in [0.25, 0.3) is 10.6 Å². The molecule has 0 atom stereocenters. The molecule has 0 fully saturated rings. The van der Waals surface area contributed by atoms with Gasteiger partial charge in [0.15, 0.2) is 3.95 Å². The van der Waals surface area contributed by atoms with E-state index in [1.165, 1.54) is 17.6 Å². The molecule has 2 rings (SSSR count). The summed E-state index contributed by atoms with van der Waals surface area (Å²) in [5.41, 5.74) is 0.0787. The minimum atomic E-state index is -1.04. The summed E-state index contributed by atoms with van der Waals surface area (Å²) in [7, 11) is 0. The molecule has 0 saturated heterocycles. The summed E-state index contributed by atoms with van der Waals surface area (Å²) in [6, 6.07) is 3.39. The van der Waals surface area contributed by atoms with Gasteiger partial charge in [0.05, 0.1) is 6.26 Å². The highest BCUT2D eigenvalue weighted by molar-refractivity contribution is 7.73. The number of thiazole rings is 1. The molecule has 0 radical (unpaired) electrons. The lowest BCUT2D eigenvalue weighted by atomic mass is 10.3. The lowest BCUT2D eigenvalue weighted by molar-refractivity contribution is 0.0692. The van der Waals surface area contributed by atoms with Gasteiger partial charge < -0.3 is 14.5 Å². The van der Waals surface area contributed by atoms with E-state index in [0.717, 1.165) is 0 Å². The second kappa shape index (κ2) is 3.39. The van der Waals surface area contributed by atoms with Gasteiger partial charge in [-0.1, -0.05) is 0 Å². The summed E-state index contributed by atoms with van der Waals surface area (Å²) in [5.74, 6) is -0.525. The number of rotatable bonds is 2. The van der Waals surface area contributed by atoms with E-state index < -0.39 is 5.97 Å². The van der Waals surface area contributed by atoms with Crippen LogP contribution in [0.4, 0.5) is 0 Å². The van der Waals surface area contributed by atoms with Crippen molar-refractivity contribution >= 4 is 29.5 Å². The van der Waals surface area contributed by atoms with Crippen LogP contribution in [0.2, 0.25) is 0 Å². The van der Waals surface area contributed by atoms with Crippen LogP contribution < -0.4 is 0 Å². The molecule has 4 nitrogen and oxygen atoms in total. The number of carboxylic acid groups (broad SMARTS) is 1. The van der Waals surface area contributed by atoms with Gasteiger partial charge in [-0.3, -0.25) is 0 Å². The van der Waals surface area contributed by atoms with Crippen LogP contribution in [0.15, 0.2) is 22.8 Å². The molecule has 0 aliphatic carbocycles. The highest BCUT2D eigenvalue weighted by Gasteiger charge is 2.16. The molecule has 6 heteroatoms. The maximum absolute atomic E-state index is 10.8. The maximum atomic E-state index is 10.8. The first-order valence-electron chi connectivity index (χ1n) is 3.69. The van der Waals surface area contributed by atoms with Crippen molar-refractivity contribution in [3.05, 3.63) is 28.0 Å². The quantitative estimate of drug-likeness (QED) is 0.774. The Bertz CT molecular complexity index is 509. The third-order valence-electron chi connectivity index (χ3n) is 1.61. The summed E-state index contributed by atoms with van der Waals surface area (Å²) in [5, 5.41) is 8.87. The standard InChI is InChI=1S/C8H5NO3S2/c10-7(11)5-6(14-8(13)9-5)4-2-1-3-12-4/h1-3H,(H,9,13)(H,10,11). The zero-order chi connectivity index (χ0) is 10.1. The molecule has 0 aromatic carbocycles. The molecule has 2 aromatic rings. The maximum Gasteiger partial charge on any atom is 0.353 e. The van der Waals surface area contributed by atoms with Gasteiger partial charge in [0, 0.05) is 0 Å². The van der Waals surface area contributed by atoms with Gasteiger partial charge in [0.1, 0.15) is 16.3 Å². The van der Waals surface area contributed by atoms with Crippen LogP contribution in [-0.2, 0) is 0 Å². The van der Waals surface area contributed by atoms with E-state index in [1.54, 1.807) is 12.1 Å². The Morgan fingerprint density at radius 3 is 3.00 bits per heavy atom. The van der Waals surface area contributed by atoms with Crippen molar-refractivity contribution in [2.75, 3.05) is 0 Å². The molecular formula is C8H5NO3S2. The van der Waals surface area contributed by atoms with E-state index in [-0.39, 0.29) is 5.69 Å². The lowest BCUT2D eigenvalue weighted by Crippen LogP contribution is -1.97. The number of furan rings is 1. The van der Waals surface area contributed by atoms with Gasteiger partial charge in [-0.05, 0) is 24.4 Å². The van der Waals surface area contributed by atoms with Crippen LogP contribution in [0, 0.1) is 3.95 Å². The molecule has 2 heterocycles. The number of hydrogen-bond donors (Lipinski definition) is 2. The fourth-order valence-corrected chi connectivity index (χ4v) is 2.21. The van der Waals surface area contributed by atoms with Gasteiger partial charge in [0.25, 0.3) is 0 Å². The van der Waals surface area contributed by atoms with Gasteiger partial charge >= 0.3 is 5.97 Å². The van der Waals surface area contributed by atoms with E-state index in [9.17, 15) is 4.79 Å². The van der Waals surface area contributed by atoms with Crippen LogP contribution in [0.1, 0.15) is 10.5 Å². The molecule has 2 N–H and O–H groups in total. The number of carbonyl (C=O) groups is 1. The highest BCUT2D eigenvalue weighted by Crippen LogP contribution is 2.28. The Kier molecular flexibility index (Phi) is 2.22. The Balaban J connectivity index is 2.63. The van der Waals surface area contributed by atoms with E-state index in [2.05, 4.69) is 4.98 Å². The van der Waals surface area contributed by atoms with Gasteiger partial charge in [0.2, 0.25) is 0 Å². The highest BCUT2D eigenvalue weighted by atomic mass is 32.1. The predicted molar refractivity (Wildman–Crippen MR) is 54.2 cm³/mol. The van der Waals surface area contributed by atoms with Crippen molar-refractivity contribution in [2.45, 2.75) is 0 Å². The lowest BCUT2D eigenvalue weighted by Gasteiger charge is -1.92. The first kappa shape index (κ1) is 9.17. The molecule has 0 spiro atoms. The Morgan fingerprint density at radius 2 is 2.43 bits per heavy atom. The molecule has 0 bridgehead atoms. The van der Waals surface area contributed by atoms with E-state index >= 15 is 0 Å². The van der Waals surface area contributed by atoms with Crippen LogP contribution in [-0.4, -0.2) is 16.1 Å². The van der Waals surface area contributed by atoms with Crippen LogP contribution >= 0.6 is 23.6 Å². The van der Waals surface area contributed by atoms with Crippen molar-refractivity contribution in [2.24, 2.45) is 0 Å². The van der Waals surface area contributed by atoms with Gasteiger partial charge in [-0.15, -0.1) is 11.3 Å². The second-order valence-corrected chi connectivity index (χ2v) is 4.19. The van der Waals surface area contributed by atoms with Gasteiger partial charge in [-0.2, -0.15) is 0 Å². The van der Waals surface area contributed by atoms with Crippen molar-refractivity contribution in [3.8, 4) is 10.6 Å². The Hall–Kier alpha value is -1.40. The minimum Gasteiger partial charge on any atom is -0.477 e. The van der Waals surface area contributed by atoms with Crippen LogP contribution in [0.3, 0.4) is 0 Å². The zero-order valence-electron chi connectivity index (χ0n) is 6.81. The van der Waals surface area contributed by atoms with Crippen LogP contribution in [0.5, 0.6) is 0 Å². The molecule has 0 aliphatic rings. The summed E-state index contributed by atoms with van der Waals surface area (Å²) in [6.07, 6.45) is 1.49. The number of carboxylic acids is 1. The van der Waals surface area contributed by atoms with Crippen molar-refractivity contribution in [1.29, 1.82) is 0 Å². The number of aromatic carboxylic acids is 1. The molecule has 0 unspecified atom stereocenters. The number of nitrogens with one attached hydrogen (secondary N) is 1. The minimum absolute atomic E-state index is 0.0787. The normalized spacial score (nSPS) is 10.3. The number of aromatic nitrogens is 1. The van der Waals surface area contributed by atoms with Gasteiger partial charge in [-0.25, -0.2) is 4.79 Å². The summed E-state index contributed by atoms with van der Waals surface area (Å²) < 4.78 is 5.53. The molecule has 2 aromatic heterocycles. The fraction of sp³-hybridized carbons (Fsp3) is 0. The van der Waals surface area contributed by atoms with E-state index in [4.69, 9.17) is 21.7 Å². The molecule has 0 amide bonds. The summed E-state index contributed by atoms with van der Waals surface area (Å²) in [4.78, 5) is 13.9. The van der Waals surface area contributed by atoms with Crippen molar-refractivity contribution in [3.63, 3.8) is 0 Å². The first-order chi connectivity index (χ1) is 6.68.